The predicted octanol–water partition coefficient (Wildman–Crippen LogP) is 3.37. The fourth-order valence-electron chi connectivity index (χ4n) is 3.30. The quantitative estimate of drug-likeness (QED) is 0.909. The zero-order chi connectivity index (χ0) is 17.6. The number of hydrogen-bond acceptors (Lipinski definition) is 3. The largest absolute Gasteiger partial charge is 0.378 e. The van der Waals surface area contributed by atoms with E-state index in [1.165, 1.54) is 24.9 Å². The predicted molar refractivity (Wildman–Crippen MR) is 100 cm³/mol. The van der Waals surface area contributed by atoms with Crippen LogP contribution in [0.25, 0.3) is 0 Å². The Hall–Kier alpha value is -2.33. The lowest BCUT2D eigenvalue weighted by molar-refractivity contribution is -0.139. The van der Waals surface area contributed by atoms with Crippen molar-refractivity contribution in [3.63, 3.8) is 0 Å². The molecule has 1 amide bonds. The third-order valence-corrected chi connectivity index (χ3v) is 4.80. The highest BCUT2D eigenvalue weighted by Gasteiger charge is 2.21. The molecule has 1 fully saturated rings. The summed E-state index contributed by atoms with van der Waals surface area (Å²) in [6.07, 6.45) is 2.73. The highest BCUT2D eigenvalue weighted by atomic mass is 16.3. The van der Waals surface area contributed by atoms with E-state index in [1.807, 2.05) is 18.2 Å². The molecule has 0 saturated carbocycles. The number of benzene rings is 2. The molecule has 0 spiro atoms. The van der Waals surface area contributed by atoms with Gasteiger partial charge >= 0.3 is 0 Å². The van der Waals surface area contributed by atoms with E-state index in [4.69, 9.17) is 0 Å². The lowest BCUT2D eigenvalue weighted by atomic mass is 10.1. The van der Waals surface area contributed by atoms with Crippen molar-refractivity contribution in [3.05, 3.63) is 65.7 Å². The van der Waals surface area contributed by atoms with E-state index in [1.54, 1.807) is 24.1 Å². The summed E-state index contributed by atoms with van der Waals surface area (Å²) in [6.45, 7) is 2.74. The third kappa shape index (κ3) is 4.40. The van der Waals surface area contributed by atoms with Crippen LogP contribution in [0, 0.1) is 0 Å². The third-order valence-electron chi connectivity index (χ3n) is 4.80. The topological polar surface area (TPSA) is 43.8 Å². The molecule has 1 aliphatic heterocycles. The molecule has 4 nitrogen and oxygen atoms in total. The Kier molecular flexibility index (Phi) is 5.71. The first kappa shape index (κ1) is 17.5. The first-order valence-electron chi connectivity index (χ1n) is 8.97. The Balaban J connectivity index is 1.60. The second kappa shape index (κ2) is 8.17. The van der Waals surface area contributed by atoms with Gasteiger partial charge < -0.3 is 14.9 Å². The Morgan fingerprint density at radius 2 is 1.68 bits per heavy atom. The molecule has 3 rings (SSSR count). The Labute approximate surface area is 149 Å². The fraction of sp³-hybridized carbons (Fsp3) is 0.381. The van der Waals surface area contributed by atoms with Crippen LogP contribution in [0.2, 0.25) is 0 Å². The van der Waals surface area contributed by atoms with Gasteiger partial charge in [-0.3, -0.25) is 4.79 Å². The van der Waals surface area contributed by atoms with Gasteiger partial charge in [0.25, 0.3) is 5.91 Å². The van der Waals surface area contributed by atoms with Crippen molar-refractivity contribution in [1.82, 2.24) is 4.90 Å². The molecule has 1 unspecified atom stereocenters. The van der Waals surface area contributed by atoms with E-state index in [9.17, 15) is 9.90 Å². The Bertz CT molecular complexity index is 679. The minimum atomic E-state index is -1.11. The van der Waals surface area contributed by atoms with E-state index < -0.39 is 6.10 Å². The molecule has 1 N–H and O–H groups in total. The van der Waals surface area contributed by atoms with Gasteiger partial charge in [0.1, 0.15) is 0 Å². The van der Waals surface area contributed by atoms with Gasteiger partial charge in [-0.05, 0) is 42.5 Å². The fourth-order valence-corrected chi connectivity index (χ4v) is 3.30. The van der Waals surface area contributed by atoms with E-state index in [2.05, 4.69) is 29.2 Å². The number of likely N-dealkylation sites (N-methyl/N-ethyl adjacent to an activating group) is 1. The molecule has 1 aliphatic rings. The molecule has 0 radical (unpaired) electrons. The van der Waals surface area contributed by atoms with Crippen molar-refractivity contribution < 1.29 is 9.90 Å². The van der Waals surface area contributed by atoms with Crippen LogP contribution in [-0.4, -0.2) is 36.1 Å². The summed E-state index contributed by atoms with van der Waals surface area (Å²) in [5, 5.41) is 10.3. The standard InChI is InChI=1S/C21H26N2O2/c1-22(21(25)20(24)18-8-4-2-5-9-18)16-17-10-12-19(13-11-17)23-14-6-3-7-15-23/h2,4-5,8-13,20,24H,3,6-7,14-16H2,1H3. The number of hydrogen-bond donors (Lipinski definition) is 1. The van der Waals surface area contributed by atoms with E-state index in [0.717, 1.165) is 18.7 Å². The number of aliphatic hydroxyl groups is 1. The van der Waals surface area contributed by atoms with Crippen molar-refractivity contribution in [2.24, 2.45) is 0 Å². The Morgan fingerprint density at radius 1 is 1.04 bits per heavy atom. The second-order valence-corrected chi connectivity index (χ2v) is 6.72. The van der Waals surface area contributed by atoms with Crippen LogP contribution in [0.1, 0.15) is 36.5 Å². The number of aliphatic hydroxyl groups excluding tert-OH is 1. The van der Waals surface area contributed by atoms with Gasteiger partial charge in [-0.15, -0.1) is 0 Å². The van der Waals surface area contributed by atoms with Gasteiger partial charge in [-0.1, -0.05) is 42.5 Å². The molecule has 1 heterocycles. The van der Waals surface area contributed by atoms with Gasteiger partial charge in [0.2, 0.25) is 0 Å². The molecule has 1 saturated heterocycles. The maximum atomic E-state index is 12.4. The number of anilines is 1. The van der Waals surface area contributed by atoms with Gasteiger partial charge in [0, 0.05) is 32.4 Å². The van der Waals surface area contributed by atoms with Crippen molar-refractivity contribution in [2.45, 2.75) is 31.9 Å². The summed E-state index contributed by atoms with van der Waals surface area (Å²) in [6, 6.07) is 17.5. The first-order chi connectivity index (χ1) is 12.1. The summed E-state index contributed by atoms with van der Waals surface area (Å²) < 4.78 is 0. The van der Waals surface area contributed by atoms with Crippen molar-refractivity contribution >= 4 is 11.6 Å². The SMILES string of the molecule is CN(Cc1ccc(N2CCCCC2)cc1)C(=O)C(O)c1ccccc1. The number of carbonyl (C=O) groups is 1. The summed E-state index contributed by atoms with van der Waals surface area (Å²) >= 11 is 0. The summed E-state index contributed by atoms with van der Waals surface area (Å²) in [5.41, 5.74) is 2.94. The first-order valence-corrected chi connectivity index (χ1v) is 8.97. The van der Waals surface area contributed by atoms with E-state index >= 15 is 0 Å². The lowest BCUT2D eigenvalue weighted by Crippen LogP contribution is -2.31. The van der Waals surface area contributed by atoms with Crippen LogP contribution in [0.5, 0.6) is 0 Å². The molecule has 2 aromatic carbocycles. The van der Waals surface area contributed by atoms with Crippen LogP contribution in [0.15, 0.2) is 54.6 Å². The van der Waals surface area contributed by atoms with Crippen LogP contribution in [0.4, 0.5) is 5.69 Å². The van der Waals surface area contributed by atoms with Gasteiger partial charge in [0.05, 0.1) is 0 Å². The molecule has 0 bridgehead atoms. The van der Waals surface area contributed by atoms with Crippen molar-refractivity contribution in [2.75, 3.05) is 25.0 Å². The zero-order valence-electron chi connectivity index (χ0n) is 14.8. The molecule has 0 aliphatic carbocycles. The lowest BCUT2D eigenvalue weighted by Gasteiger charge is -2.29. The average Bonchev–Trinajstić information content (AvgIpc) is 2.68. The zero-order valence-corrected chi connectivity index (χ0v) is 14.8. The minimum Gasteiger partial charge on any atom is -0.378 e. The van der Waals surface area contributed by atoms with Crippen LogP contribution in [0.3, 0.4) is 0 Å². The molecule has 132 valence electrons. The molecule has 0 aromatic heterocycles. The molecule has 25 heavy (non-hydrogen) atoms. The second-order valence-electron chi connectivity index (χ2n) is 6.72. The highest BCUT2D eigenvalue weighted by molar-refractivity contribution is 5.81. The number of piperidine rings is 1. The van der Waals surface area contributed by atoms with Gasteiger partial charge in [0.15, 0.2) is 6.10 Å². The van der Waals surface area contributed by atoms with E-state index in [-0.39, 0.29) is 5.91 Å². The van der Waals surface area contributed by atoms with Crippen molar-refractivity contribution in [3.8, 4) is 0 Å². The number of nitrogens with zero attached hydrogens (tertiary/aromatic N) is 2. The molecule has 1 atom stereocenters. The summed E-state index contributed by atoms with van der Waals surface area (Å²) in [4.78, 5) is 16.4. The van der Waals surface area contributed by atoms with Crippen LogP contribution in [-0.2, 0) is 11.3 Å². The monoisotopic (exact) mass is 338 g/mol. The normalized spacial score (nSPS) is 15.7. The number of carbonyl (C=O) groups excluding carboxylic acids is 1. The van der Waals surface area contributed by atoms with E-state index in [0.29, 0.717) is 12.1 Å². The van der Waals surface area contributed by atoms with Gasteiger partial charge in [-0.25, -0.2) is 0 Å². The number of amides is 1. The molecular weight excluding hydrogens is 312 g/mol. The van der Waals surface area contributed by atoms with Crippen LogP contribution >= 0.6 is 0 Å². The maximum Gasteiger partial charge on any atom is 0.256 e. The van der Waals surface area contributed by atoms with Gasteiger partial charge in [-0.2, -0.15) is 0 Å². The minimum absolute atomic E-state index is 0.286. The maximum absolute atomic E-state index is 12.4. The Morgan fingerprint density at radius 3 is 2.32 bits per heavy atom. The number of rotatable bonds is 5. The average molecular weight is 338 g/mol. The van der Waals surface area contributed by atoms with Crippen LogP contribution < -0.4 is 4.90 Å². The highest BCUT2D eigenvalue weighted by Crippen LogP contribution is 2.21. The smallest absolute Gasteiger partial charge is 0.256 e. The molecule has 4 heteroatoms. The summed E-state index contributed by atoms with van der Waals surface area (Å²) in [5.74, 6) is -0.286. The summed E-state index contributed by atoms with van der Waals surface area (Å²) in [7, 11) is 1.73. The van der Waals surface area contributed by atoms with Crippen molar-refractivity contribution in [1.29, 1.82) is 0 Å². The molecule has 2 aromatic rings. The molecular formula is C21H26N2O2.